The molecule has 21 heavy (non-hydrogen) atoms. The van der Waals surface area contributed by atoms with Crippen LogP contribution >= 0.6 is 0 Å². The molecule has 1 fully saturated rings. The summed E-state index contributed by atoms with van der Waals surface area (Å²) in [4.78, 5) is 17.9. The number of likely N-dealkylation sites (N-methyl/N-ethyl adjacent to an activating group) is 1. The highest BCUT2D eigenvalue weighted by molar-refractivity contribution is 5.92. The van der Waals surface area contributed by atoms with Gasteiger partial charge in [-0.3, -0.25) is 0 Å². The molecule has 0 aliphatic carbocycles. The summed E-state index contributed by atoms with van der Waals surface area (Å²) in [6.07, 6.45) is 0.105. The Morgan fingerprint density at radius 3 is 3.05 bits per heavy atom. The van der Waals surface area contributed by atoms with Crippen LogP contribution in [0.4, 0.5) is 0 Å². The molecule has 0 saturated carbocycles. The summed E-state index contributed by atoms with van der Waals surface area (Å²) in [5.74, 6) is -0.0414. The van der Waals surface area contributed by atoms with Gasteiger partial charge in [0.1, 0.15) is 5.82 Å². The van der Waals surface area contributed by atoms with Crippen molar-refractivity contribution in [3.05, 3.63) is 29.6 Å². The quantitative estimate of drug-likeness (QED) is 0.924. The van der Waals surface area contributed by atoms with Crippen LogP contribution < -0.4 is 0 Å². The van der Waals surface area contributed by atoms with Crippen LogP contribution in [0.2, 0.25) is 0 Å². The van der Waals surface area contributed by atoms with Gasteiger partial charge in [0, 0.05) is 13.1 Å². The second kappa shape index (κ2) is 5.46. The third-order valence-electron chi connectivity index (χ3n) is 3.91. The van der Waals surface area contributed by atoms with Gasteiger partial charge in [-0.05, 0) is 32.2 Å². The second-order valence-corrected chi connectivity index (χ2v) is 5.53. The highest BCUT2D eigenvalue weighted by atomic mass is 16.5. The molecule has 1 aliphatic rings. The summed E-state index contributed by atoms with van der Waals surface area (Å²) in [5.41, 5.74) is 1.95. The largest absolute Gasteiger partial charge is 0.478 e. The minimum absolute atomic E-state index is 0.105. The fourth-order valence-electron chi connectivity index (χ4n) is 2.79. The maximum Gasteiger partial charge on any atom is 0.335 e. The smallest absolute Gasteiger partial charge is 0.335 e. The molecule has 6 heteroatoms. The Balaban J connectivity index is 1.94. The predicted octanol–water partition coefficient (Wildman–Crippen LogP) is 1.37. The molecule has 0 amide bonds. The van der Waals surface area contributed by atoms with Gasteiger partial charge < -0.3 is 19.3 Å². The van der Waals surface area contributed by atoms with Crippen LogP contribution in [0, 0.1) is 6.92 Å². The summed E-state index contributed by atoms with van der Waals surface area (Å²) in [6.45, 7) is 5.18. The number of rotatable bonds is 3. The SMILES string of the molecule is Cc1nc2ccc(C(=O)O)cc2n1CC1CN(C)CCO1. The van der Waals surface area contributed by atoms with Gasteiger partial charge >= 0.3 is 5.97 Å². The van der Waals surface area contributed by atoms with Gasteiger partial charge in [0.05, 0.1) is 35.9 Å². The van der Waals surface area contributed by atoms with Gasteiger partial charge in [0.2, 0.25) is 0 Å². The molecule has 0 spiro atoms. The molecule has 6 nitrogen and oxygen atoms in total. The maximum absolute atomic E-state index is 11.1. The van der Waals surface area contributed by atoms with E-state index in [0.29, 0.717) is 6.54 Å². The first-order valence-electron chi connectivity index (χ1n) is 7.05. The van der Waals surface area contributed by atoms with E-state index in [0.717, 1.165) is 36.6 Å². The van der Waals surface area contributed by atoms with Crippen molar-refractivity contribution in [3.63, 3.8) is 0 Å². The van der Waals surface area contributed by atoms with Crippen molar-refractivity contribution >= 4 is 17.0 Å². The number of imidazole rings is 1. The van der Waals surface area contributed by atoms with Crippen molar-refractivity contribution in [2.45, 2.75) is 19.6 Å². The van der Waals surface area contributed by atoms with Gasteiger partial charge in [0.15, 0.2) is 0 Å². The molecule has 1 atom stereocenters. The van der Waals surface area contributed by atoms with E-state index in [1.807, 2.05) is 11.5 Å². The number of aromatic carboxylic acids is 1. The predicted molar refractivity (Wildman–Crippen MR) is 78.7 cm³/mol. The fraction of sp³-hybridized carbons (Fsp3) is 0.467. The number of aryl methyl sites for hydroxylation is 1. The summed E-state index contributed by atoms with van der Waals surface area (Å²) in [7, 11) is 2.08. The number of carboxylic acid groups (broad SMARTS) is 1. The first kappa shape index (κ1) is 14.0. The van der Waals surface area contributed by atoms with Gasteiger partial charge in [0.25, 0.3) is 0 Å². The minimum atomic E-state index is -0.920. The topological polar surface area (TPSA) is 67.6 Å². The van der Waals surface area contributed by atoms with E-state index in [2.05, 4.69) is 16.9 Å². The van der Waals surface area contributed by atoms with Crippen LogP contribution in [0.15, 0.2) is 18.2 Å². The molecule has 1 unspecified atom stereocenters. The molecule has 0 radical (unpaired) electrons. The van der Waals surface area contributed by atoms with Crippen LogP contribution in [0.5, 0.6) is 0 Å². The Bertz CT molecular complexity index is 680. The highest BCUT2D eigenvalue weighted by Crippen LogP contribution is 2.19. The molecule has 3 rings (SSSR count). The van der Waals surface area contributed by atoms with Crippen LogP contribution in [0.3, 0.4) is 0 Å². The number of benzene rings is 1. The number of ether oxygens (including phenoxy) is 1. The number of morpholine rings is 1. The summed E-state index contributed by atoms with van der Waals surface area (Å²) >= 11 is 0. The molecule has 112 valence electrons. The van der Waals surface area contributed by atoms with E-state index in [1.54, 1.807) is 18.2 Å². The van der Waals surface area contributed by atoms with Gasteiger partial charge in [-0.2, -0.15) is 0 Å². The number of aromatic nitrogens is 2. The standard InChI is InChI=1S/C15H19N3O3/c1-10-16-13-4-3-11(15(19)20)7-14(13)18(10)9-12-8-17(2)5-6-21-12/h3-4,7,12H,5-6,8-9H2,1-2H3,(H,19,20). The zero-order valence-corrected chi connectivity index (χ0v) is 12.2. The lowest BCUT2D eigenvalue weighted by molar-refractivity contribution is -0.0272. The van der Waals surface area contributed by atoms with E-state index >= 15 is 0 Å². The van der Waals surface area contributed by atoms with Crippen molar-refractivity contribution < 1.29 is 14.6 Å². The molecule has 1 aromatic carbocycles. The van der Waals surface area contributed by atoms with Crippen molar-refractivity contribution in [1.29, 1.82) is 0 Å². The zero-order chi connectivity index (χ0) is 15.0. The lowest BCUT2D eigenvalue weighted by Crippen LogP contribution is -2.42. The number of hydrogen-bond acceptors (Lipinski definition) is 4. The van der Waals surface area contributed by atoms with Gasteiger partial charge in [-0.15, -0.1) is 0 Å². The van der Waals surface area contributed by atoms with Gasteiger partial charge in [-0.25, -0.2) is 9.78 Å². The molecular formula is C15H19N3O3. The summed E-state index contributed by atoms with van der Waals surface area (Å²) < 4.78 is 7.84. The normalized spacial score (nSPS) is 20.0. The summed E-state index contributed by atoms with van der Waals surface area (Å²) in [5, 5.41) is 9.14. The van der Waals surface area contributed by atoms with E-state index < -0.39 is 5.97 Å². The van der Waals surface area contributed by atoms with Crippen LogP contribution in [-0.2, 0) is 11.3 Å². The Morgan fingerprint density at radius 2 is 2.33 bits per heavy atom. The lowest BCUT2D eigenvalue weighted by Gasteiger charge is -2.30. The lowest BCUT2D eigenvalue weighted by atomic mass is 10.2. The van der Waals surface area contributed by atoms with E-state index in [9.17, 15) is 4.79 Å². The third-order valence-corrected chi connectivity index (χ3v) is 3.91. The molecule has 0 bridgehead atoms. The van der Waals surface area contributed by atoms with E-state index in [1.165, 1.54) is 0 Å². The van der Waals surface area contributed by atoms with E-state index in [-0.39, 0.29) is 11.7 Å². The number of carboxylic acids is 1. The van der Waals surface area contributed by atoms with Crippen LogP contribution in [-0.4, -0.2) is 58.4 Å². The number of fused-ring (bicyclic) bond motifs is 1. The molecule has 1 aromatic heterocycles. The Morgan fingerprint density at radius 1 is 1.52 bits per heavy atom. The number of carbonyl (C=O) groups is 1. The average Bonchev–Trinajstić information content (AvgIpc) is 2.74. The highest BCUT2D eigenvalue weighted by Gasteiger charge is 2.20. The molecule has 2 aromatic rings. The fourth-order valence-corrected chi connectivity index (χ4v) is 2.79. The van der Waals surface area contributed by atoms with Crippen molar-refractivity contribution in [2.24, 2.45) is 0 Å². The van der Waals surface area contributed by atoms with E-state index in [4.69, 9.17) is 9.84 Å². The second-order valence-electron chi connectivity index (χ2n) is 5.53. The minimum Gasteiger partial charge on any atom is -0.478 e. The van der Waals surface area contributed by atoms with Crippen molar-refractivity contribution in [1.82, 2.24) is 14.5 Å². The van der Waals surface area contributed by atoms with Gasteiger partial charge in [-0.1, -0.05) is 0 Å². The summed E-state index contributed by atoms with van der Waals surface area (Å²) in [6, 6.07) is 5.03. The average molecular weight is 289 g/mol. The van der Waals surface area contributed by atoms with Crippen LogP contribution in [0.1, 0.15) is 16.2 Å². The Hall–Kier alpha value is -1.92. The van der Waals surface area contributed by atoms with Crippen molar-refractivity contribution in [2.75, 3.05) is 26.7 Å². The molecule has 1 N–H and O–H groups in total. The first-order chi connectivity index (χ1) is 10.0. The zero-order valence-electron chi connectivity index (χ0n) is 12.2. The first-order valence-corrected chi connectivity index (χ1v) is 7.05. The molecule has 1 aliphatic heterocycles. The van der Waals surface area contributed by atoms with Crippen LogP contribution in [0.25, 0.3) is 11.0 Å². The molecular weight excluding hydrogens is 270 g/mol. The Labute approximate surface area is 122 Å². The molecule has 2 heterocycles. The molecule has 1 saturated heterocycles. The third kappa shape index (κ3) is 2.77. The monoisotopic (exact) mass is 289 g/mol. The number of hydrogen-bond donors (Lipinski definition) is 1. The Kier molecular flexibility index (Phi) is 3.65. The maximum atomic E-state index is 11.1. The number of nitrogens with zero attached hydrogens (tertiary/aromatic N) is 3. The van der Waals surface area contributed by atoms with Crippen molar-refractivity contribution in [3.8, 4) is 0 Å².